The third kappa shape index (κ3) is 2.53. The molecule has 1 atom stereocenters. The lowest BCUT2D eigenvalue weighted by molar-refractivity contribution is 0.209. The Kier molecular flexibility index (Phi) is 3.66. The minimum atomic E-state index is -0.00231. The summed E-state index contributed by atoms with van der Waals surface area (Å²) in [4.78, 5) is 13.7. The normalized spacial score (nSPS) is 22.9. The number of urea groups is 1. The molecule has 1 aromatic rings. The predicted molar refractivity (Wildman–Crippen MR) is 84.5 cm³/mol. The second-order valence-electron chi connectivity index (χ2n) is 6.72. The molecular formula is C17H25N3O. The number of piperidine rings is 1. The number of hydrogen-bond donors (Lipinski definition) is 2. The monoisotopic (exact) mass is 287 g/mol. The van der Waals surface area contributed by atoms with Crippen LogP contribution >= 0.6 is 0 Å². The molecule has 0 aromatic heterocycles. The van der Waals surface area contributed by atoms with Crippen LogP contribution < -0.4 is 10.6 Å². The number of fused-ring (bicyclic) bond motifs is 2. The highest BCUT2D eigenvalue weighted by Crippen LogP contribution is 2.50. The molecule has 1 saturated heterocycles. The highest BCUT2D eigenvalue weighted by molar-refractivity contribution is 5.74. The van der Waals surface area contributed by atoms with E-state index in [1.165, 1.54) is 16.7 Å². The fourth-order valence-corrected chi connectivity index (χ4v) is 3.83. The van der Waals surface area contributed by atoms with Crippen molar-refractivity contribution in [3.05, 3.63) is 34.9 Å². The zero-order valence-electron chi connectivity index (χ0n) is 13.2. The summed E-state index contributed by atoms with van der Waals surface area (Å²) < 4.78 is 0. The molecule has 1 aliphatic heterocycles. The first-order valence-electron chi connectivity index (χ1n) is 7.81. The Morgan fingerprint density at radius 2 is 2.05 bits per heavy atom. The van der Waals surface area contributed by atoms with Gasteiger partial charge in [0.25, 0.3) is 0 Å². The van der Waals surface area contributed by atoms with Gasteiger partial charge in [-0.05, 0) is 50.4 Å². The predicted octanol–water partition coefficient (Wildman–Crippen LogP) is 2.33. The van der Waals surface area contributed by atoms with Crippen molar-refractivity contribution in [2.45, 2.75) is 37.6 Å². The topological polar surface area (TPSA) is 44.4 Å². The Morgan fingerprint density at radius 1 is 1.33 bits per heavy atom. The van der Waals surface area contributed by atoms with Crippen molar-refractivity contribution < 1.29 is 4.79 Å². The first kappa shape index (κ1) is 14.4. The Morgan fingerprint density at radius 3 is 2.71 bits per heavy atom. The molecule has 21 heavy (non-hydrogen) atoms. The fraction of sp³-hybridized carbons (Fsp3) is 0.588. The maximum Gasteiger partial charge on any atom is 0.317 e. The van der Waals surface area contributed by atoms with Gasteiger partial charge < -0.3 is 15.5 Å². The number of carbonyl (C=O) groups is 1. The van der Waals surface area contributed by atoms with Gasteiger partial charge in [0, 0.05) is 19.5 Å². The molecule has 4 nitrogen and oxygen atoms in total. The van der Waals surface area contributed by atoms with Crippen LogP contribution in [0, 0.1) is 6.92 Å². The van der Waals surface area contributed by atoms with E-state index in [4.69, 9.17) is 0 Å². The number of hydrogen-bond acceptors (Lipinski definition) is 2. The zero-order chi connectivity index (χ0) is 15.0. The van der Waals surface area contributed by atoms with E-state index in [0.717, 1.165) is 32.4 Å². The van der Waals surface area contributed by atoms with Gasteiger partial charge in [0.05, 0.1) is 6.04 Å². The van der Waals surface area contributed by atoms with Gasteiger partial charge in [-0.25, -0.2) is 4.79 Å². The molecule has 0 bridgehead atoms. The van der Waals surface area contributed by atoms with Gasteiger partial charge in [0.15, 0.2) is 0 Å². The van der Waals surface area contributed by atoms with Crippen molar-refractivity contribution in [3.63, 3.8) is 0 Å². The summed E-state index contributed by atoms with van der Waals surface area (Å²) in [6, 6.07) is 6.85. The van der Waals surface area contributed by atoms with Crippen LogP contribution in [0.1, 0.15) is 42.0 Å². The smallest absolute Gasteiger partial charge is 0.317 e. The van der Waals surface area contributed by atoms with Crippen LogP contribution in [0.2, 0.25) is 0 Å². The lowest BCUT2D eigenvalue weighted by Crippen LogP contribution is -2.40. The van der Waals surface area contributed by atoms with Gasteiger partial charge in [-0.2, -0.15) is 0 Å². The minimum Gasteiger partial charge on any atom is -0.331 e. The lowest BCUT2D eigenvalue weighted by atomic mass is 9.74. The average Bonchev–Trinajstić information content (AvgIpc) is 2.73. The fourth-order valence-electron chi connectivity index (χ4n) is 3.83. The molecule has 1 spiro atoms. The van der Waals surface area contributed by atoms with E-state index in [-0.39, 0.29) is 17.5 Å². The van der Waals surface area contributed by atoms with Crippen molar-refractivity contribution in [2.24, 2.45) is 0 Å². The van der Waals surface area contributed by atoms with Gasteiger partial charge in [-0.1, -0.05) is 23.8 Å². The summed E-state index contributed by atoms with van der Waals surface area (Å²) in [7, 11) is 3.58. The largest absolute Gasteiger partial charge is 0.331 e. The van der Waals surface area contributed by atoms with Crippen molar-refractivity contribution in [1.82, 2.24) is 15.5 Å². The summed E-state index contributed by atoms with van der Waals surface area (Å²) in [6.07, 6.45) is 3.36. The molecule has 2 N–H and O–H groups in total. The molecule has 1 unspecified atom stereocenters. The number of benzene rings is 1. The van der Waals surface area contributed by atoms with E-state index in [1.54, 1.807) is 19.0 Å². The van der Waals surface area contributed by atoms with Gasteiger partial charge in [0.1, 0.15) is 0 Å². The van der Waals surface area contributed by atoms with Crippen LogP contribution in [0.3, 0.4) is 0 Å². The molecule has 1 fully saturated rings. The molecular weight excluding hydrogens is 262 g/mol. The second-order valence-corrected chi connectivity index (χ2v) is 6.72. The highest BCUT2D eigenvalue weighted by atomic mass is 16.2. The summed E-state index contributed by atoms with van der Waals surface area (Å²) in [6.45, 7) is 4.30. The van der Waals surface area contributed by atoms with Gasteiger partial charge >= 0.3 is 6.03 Å². The van der Waals surface area contributed by atoms with Crippen molar-refractivity contribution in [3.8, 4) is 0 Å². The summed E-state index contributed by atoms with van der Waals surface area (Å²) >= 11 is 0. The van der Waals surface area contributed by atoms with Crippen LogP contribution in [-0.4, -0.2) is 38.1 Å². The summed E-state index contributed by atoms with van der Waals surface area (Å²) in [5.74, 6) is 0. The number of amides is 2. The van der Waals surface area contributed by atoms with E-state index < -0.39 is 0 Å². The maximum atomic E-state index is 12.0. The van der Waals surface area contributed by atoms with E-state index in [0.29, 0.717) is 0 Å². The van der Waals surface area contributed by atoms with Crippen LogP contribution in [0.25, 0.3) is 0 Å². The third-order valence-electron chi connectivity index (χ3n) is 5.01. The van der Waals surface area contributed by atoms with Crippen molar-refractivity contribution in [2.75, 3.05) is 27.2 Å². The van der Waals surface area contributed by atoms with Crippen LogP contribution in [-0.2, 0) is 5.41 Å². The molecule has 1 aromatic carbocycles. The molecule has 1 aliphatic carbocycles. The van der Waals surface area contributed by atoms with E-state index in [9.17, 15) is 4.79 Å². The third-order valence-corrected chi connectivity index (χ3v) is 5.01. The van der Waals surface area contributed by atoms with Gasteiger partial charge in [-0.3, -0.25) is 0 Å². The van der Waals surface area contributed by atoms with Crippen molar-refractivity contribution in [1.29, 1.82) is 0 Å². The Labute approximate surface area is 126 Å². The maximum absolute atomic E-state index is 12.0. The molecule has 114 valence electrons. The molecule has 3 rings (SSSR count). The van der Waals surface area contributed by atoms with Gasteiger partial charge in [-0.15, -0.1) is 0 Å². The number of nitrogens with zero attached hydrogens (tertiary/aromatic N) is 1. The first-order valence-corrected chi connectivity index (χ1v) is 7.81. The molecule has 2 amide bonds. The number of aryl methyl sites for hydroxylation is 1. The quantitative estimate of drug-likeness (QED) is 0.832. The molecule has 2 aliphatic rings. The second kappa shape index (κ2) is 5.34. The van der Waals surface area contributed by atoms with Crippen LogP contribution in [0.5, 0.6) is 0 Å². The summed E-state index contributed by atoms with van der Waals surface area (Å²) in [5.41, 5.74) is 4.34. The van der Waals surface area contributed by atoms with E-state index in [2.05, 4.69) is 35.8 Å². The van der Waals surface area contributed by atoms with E-state index in [1.807, 2.05) is 0 Å². The SMILES string of the molecule is Cc1ccc2c(c1)C1(CCNCC1)CC2NC(=O)N(C)C. The van der Waals surface area contributed by atoms with Crippen LogP contribution in [0.4, 0.5) is 4.79 Å². The number of carbonyl (C=O) groups excluding carboxylic acids is 1. The van der Waals surface area contributed by atoms with Gasteiger partial charge in [0.2, 0.25) is 0 Å². The average molecular weight is 287 g/mol. The Balaban J connectivity index is 1.94. The number of rotatable bonds is 1. The first-order chi connectivity index (χ1) is 10.0. The molecule has 0 radical (unpaired) electrons. The summed E-state index contributed by atoms with van der Waals surface area (Å²) in [5, 5.41) is 6.65. The molecule has 4 heteroatoms. The Bertz CT molecular complexity index is 547. The van der Waals surface area contributed by atoms with E-state index >= 15 is 0 Å². The standard InChI is InChI=1S/C17H25N3O/c1-12-4-5-13-14(10-12)17(6-8-18-9-7-17)11-15(13)19-16(21)20(2)3/h4-5,10,15,18H,6-9,11H2,1-3H3,(H,19,21). The van der Waals surface area contributed by atoms with Crippen LogP contribution in [0.15, 0.2) is 18.2 Å². The minimum absolute atomic E-state index is 0.00231. The zero-order valence-corrected chi connectivity index (χ0v) is 13.2. The highest BCUT2D eigenvalue weighted by Gasteiger charge is 2.44. The Hall–Kier alpha value is -1.55. The lowest BCUT2D eigenvalue weighted by Gasteiger charge is -2.35. The number of nitrogens with one attached hydrogen (secondary N) is 2. The molecule has 0 saturated carbocycles. The van der Waals surface area contributed by atoms with Crippen molar-refractivity contribution >= 4 is 6.03 Å². The molecule has 1 heterocycles.